The third kappa shape index (κ3) is 3.26. The Labute approximate surface area is 143 Å². The number of hydrogen-bond acceptors (Lipinski definition) is 6. The van der Waals surface area contributed by atoms with E-state index in [0.29, 0.717) is 23.0 Å². The molecular weight excluding hydrogens is 324 g/mol. The van der Waals surface area contributed by atoms with Crippen molar-refractivity contribution in [1.82, 2.24) is 15.2 Å². The molecule has 0 saturated carbocycles. The van der Waals surface area contributed by atoms with Gasteiger partial charge in [0.05, 0.1) is 7.11 Å². The number of nitrogens with zero attached hydrogens (tertiary/aromatic N) is 4. The zero-order valence-electron chi connectivity index (χ0n) is 13.3. The SMILES string of the molecule is CCN(C(=O)c1cccc(OC)c1)c1nnc(-c2cccnc2)s1. The Morgan fingerprint density at radius 2 is 2.12 bits per heavy atom. The van der Waals surface area contributed by atoms with Gasteiger partial charge >= 0.3 is 0 Å². The first-order chi connectivity index (χ1) is 11.7. The molecule has 0 aliphatic heterocycles. The number of benzene rings is 1. The largest absolute Gasteiger partial charge is 0.497 e. The van der Waals surface area contributed by atoms with Crippen LogP contribution in [0.2, 0.25) is 0 Å². The third-order valence-electron chi connectivity index (χ3n) is 3.43. The smallest absolute Gasteiger partial charge is 0.260 e. The predicted molar refractivity (Wildman–Crippen MR) is 93.5 cm³/mol. The number of hydrogen-bond donors (Lipinski definition) is 0. The predicted octanol–water partition coefficient (Wildman–Crippen LogP) is 3.28. The minimum absolute atomic E-state index is 0.134. The van der Waals surface area contributed by atoms with E-state index in [0.717, 1.165) is 10.6 Å². The van der Waals surface area contributed by atoms with Crippen molar-refractivity contribution in [3.05, 3.63) is 54.4 Å². The standard InChI is InChI=1S/C17H16N4O2S/c1-3-21(16(22)12-6-4-8-14(10-12)23-2)17-20-19-15(24-17)13-7-5-9-18-11-13/h4-11H,3H2,1-2H3. The van der Waals surface area contributed by atoms with Crippen LogP contribution in [0.3, 0.4) is 0 Å². The number of ether oxygens (including phenoxy) is 1. The lowest BCUT2D eigenvalue weighted by Gasteiger charge is -2.17. The van der Waals surface area contributed by atoms with Gasteiger partial charge in [-0.05, 0) is 37.3 Å². The van der Waals surface area contributed by atoms with Crippen molar-refractivity contribution in [2.75, 3.05) is 18.6 Å². The van der Waals surface area contributed by atoms with Gasteiger partial charge in [0, 0.05) is 30.1 Å². The molecule has 7 heteroatoms. The van der Waals surface area contributed by atoms with Crippen LogP contribution in [0.15, 0.2) is 48.8 Å². The Bertz CT molecular complexity index is 835. The summed E-state index contributed by atoms with van der Waals surface area (Å²) in [5.41, 5.74) is 1.43. The molecule has 1 amide bonds. The van der Waals surface area contributed by atoms with Crippen LogP contribution in [0.25, 0.3) is 10.6 Å². The number of anilines is 1. The molecule has 2 heterocycles. The van der Waals surface area contributed by atoms with Crippen molar-refractivity contribution in [3.63, 3.8) is 0 Å². The van der Waals surface area contributed by atoms with Crippen LogP contribution in [0.5, 0.6) is 5.75 Å². The van der Waals surface area contributed by atoms with E-state index in [1.165, 1.54) is 11.3 Å². The van der Waals surface area contributed by atoms with Gasteiger partial charge in [-0.25, -0.2) is 0 Å². The van der Waals surface area contributed by atoms with Crippen LogP contribution in [0.1, 0.15) is 17.3 Å². The Morgan fingerprint density at radius 1 is 1.25 bits per heavy atom. The van der Waals surface area contributed by atoms with Gasteiger partial charge in [0.2, 0.25) is 5.13 Å². The molecule has 3 aromatic rings. The molecule has 0 saturated heterocycles. The van der Waals surface area contributed by atoms with Crippen LogP contribution in [0, 0.1) is 0 Å². The highest BCUT2D eigenvalue weighted by molar-refractivity contribution is 7.18. The summed E-state index contributed by atoms with van der Waals surface area (Å²) in [4.78, 5) is 18.5. The Morgan fingerprint density at radius 3 is 2.83 bits per heavy atom. The van der Waals surface area contributed by atoms with Crippen LogP contribution >= 0.6 is 11.3 Å². The Hall–Kier alpha value is -2.80. The van der Waals surface area contributed by atoms with Crippen LogP contribution < -0.4 is 9.64 Å². The van der Waals surface area contributed by atoms with Crippen LogP contribution in [0.4, 0.5) is 5.13 Å². The van der Waals surface area contributed by atoms with Crippen LogP contribution in [-0.2, 0) is 0 Å². The third-order valence-corrected chi connectivity index (χ3v) is 4.43. The molecule has 0 aliphatic rings. The number of carbonyl (C=O) groups excluding carboxylic acids is 1. The molecule has 0 aliphatic carbocycles. The van der Waals surface area contributed by atoms with Crippen molar-refractivity contribution in [1.29, 1.82) is 0 Å². The zero-order chi connectivity index (χ0) is 16.9. The first kappa shape index (κ1) is 16.1. The summed E-state index contributed by atoms with van der Waals surface area (Å²) in [6, 6.07) is 10.8. The molecule has 6 nitrogen and oxygen atoms in total. The highest BCUT2D eigenvalue weighted by Gasteiger charge is 2.21. The summed E-state index contributed by atoms with van der Waals surface area (Å²) >= 11 is 1.36. The lowest BCUT2D eigenvalue weighted by molar-refractivity contribution is 0.0988. The van der Waals surface area contributed by atoms with Crippen LogP contribution in [-0.4, -0.2) is 34.7 Å². The summed E-state index contributed by atoms with van der Waals surface area (Å²) in [5.74, 6) is 0.510. The first-order valence-corrected chi connectivity index (χ1v) is 8.24. The Kier molecular flexibility index (Phi) is 4.81. The monoisotopic (exact) mass is 340 g/mol. The van der Waals surface area contributed by atoms with E-state index in [-0.39, 0.29) is 5.91 Å². The topological polar surface area (TPSA) is 68.2 Å². The van der Waals surface area contributed by atoms with Gasteiger partial charge in [-0.15, -0.1) is 10.2 Å². The van der Waals surface area contributed by atoms with Gasteiger partial charge < -0.3 is 4.74 Å². The molecule has 0 bridgehead atoms. The zero-order valence-corrected chi connectivity index (χ0v) is 14.2. The van der Waals surface area contributed by atoms with Crippen molar-refractivity contribution >= 4 is 22.4 Å². The lowest BCUT2D eigenvalue weighted by Crippen LogP contribution is -2.30. The molecule has 0 N–H and O–H groups in total. The van der Waals surface area contributed by atoms with Crippen molar-refractivity contribution in [2.24, 2.45) is 0 Å². The number of carbonyl (C=O) groups is 1. The second kappa shape index (κ2) is 7.18. The summed E-state index contributed by atoms with van der Waals surface area (Å²) in [5, 5.41) is 9.63. The van der Waals surface area contributed by atoms with Gasteiger partial charge in [0.25, 0.3) is 5.91 Å². The maximum atomic E-state index is 12.8. The minimum atomic E-state index is -0.134. The second-order valence-electron chi connectivity index (χ2n) is 4.91. The molecule has 24 heavy (non-hydrogen) atoms. The van der Waals surface area contributed by atoms with Gasteiger partial charge in [0.1, 0.15) is 5.75 Å². The van der Waals surface area contributed by atoms with Gasteiger partial charge in [-0.3, -0.25) is 14.7 Å². The van der Waals surface area contributed by atoms with E-state index in [4.69, 9.17) is 4.74 Å². The number of aromatic nitrogens is 3. The minimum Gasteiger partial charge on any atom is -0.497 e. The average molecular weight is 340 g/mol. The van der Waals surface area contributed by atoms with E-state index in [1.54, 1.807) is 48.7 Å². The molecule has 0 spiro atoms. The lowest BCUT2D eigenvalue weighted by atomic mass is 10.2. The Balaban J connectivity index is 1.89. The number of methoxy groups -OCH3 is 1. The molecule has 122 valence electrons. The molecule has 0 fully saturated rings. The fourth-order valence-corrected chi connectivity index (χ4v) is 3.11. The summed E-state index contributed by atoms with van der Waals surface area (Å²) < 4.78 is 5.18. The molecule has 3 rings (SSSR count). The first-order valence-electron chi connectivity index (χ1n) is 7.42. The maximum absolute atomic E-state index is 12.8. The molecular formula is C17H16N4O2S. The average Bonchev–Trinajstić information content (AvgIpc) is 3.13. The summed E-state index contributed by atoms with van der Waals surface area (Å²) in [6.07, 6.45) is 3.43. The quantitative estimate of drug-likeness (QED) is 0.713. The van der Waals surface area contributed by atoms with Crippen molar-refractivity contribution in [3.8, 4) is 16.3 Å². The van der Waals surface area contributed by atoms with Gasteiger partial charge in [0.15, 0.2) is 5.01 Å². The maximum Gasteiger partial charge on any atom is 0.260 e. The molecule has 0 radical (unpaired) electrons. The van der Waals surface area contributed by atoms with E-state index in [9.17, 15) is 4.79 Å². The number of rotatable bonds is 5. The molecule has 0 atom stereocenters. The molecule has 0 unspecified atom stereocenters. The normalized spacial score (nSPS) is 10.4. The van der Waals surface area contributed by atoms with Gasteiger partial charge in [-0.2, -0.15) is 0 Å². The molecule has 2 aromatic heterocycles. The van der Waals surface area contributed by atoms with E-state index < -0.39 is 0 Å². The highest BCUT2D eigenvalue weighted by atomic mass is 32.1. The van der Waals surface area contributed by atoms with E-state index >= 15 is 0 Å². The fourth-order valence-electron chi connectivity index (χ4n) is 2.21. The number of amides is 1. The van der Waals surface area contributed by atoms with Gasteiger partial charge in [-0.1, -0.05) is 17.4 Å². The van der Waals surface area contributed by atoms with Crippen molar-refractivity contribution in [2.45, 2.75) is 6.92 Å². The van der Waals surface area contributed by atoms with E-state index in [2.05, 4.69) is 15.2 Å². The summed E-state index contributed by atoms with van der Waals surface area (Å²) in [7, 11) is 1.58. The fraction of sp³-hybridized carbons (Fsp3) is 0.176. The summed E-state index contributed by atoms with van der Waals surface area (Å²) in [6.45, 7) is 2.40. The second-order valence-corrected chi connectivity index (χ2v) is 5.87. The van der Waals surface area contributed by atoms with Crippen molar-refractivity contribution < 1.29 is 9.53 Å². The highest BCUT2D eigenvalue weighted by Crippen LogP contribution is 2.29. The van der Waals surface area contributed by atoms with E-state index in [1.807, 2.05) is 19.1 Å². The molecule has 1 aromatic carbocycles. The number of pyridine rings is 1.